The van der Waals surface area contributed by atoms with Gasteiger partial charge in [0, 0.05) is 4.90 Å². The quantitative estimate of drug-likeness (QED) is 0.757. The van der Waals surface area contributed by atoms with E-state index in [4.69, 9.17) is 9.47 Å². The highest BCUT2D eigenvalue weighted by Gasteiger charge is 1.98. The summed E-state index contributed by atoms with van der Waals surface area (Å²) in [7, 11) is 1.67. The molecule has 0 saturated heterocycles. The largest absolute Gasteiger partial charge is 0.497 e. The van der Waals surface area contributed by atoms with Gasteiger partial charge in [0.2, 0.25) is 0 Å². The lowest BCUT2D eigenvalue weighted by Gasteiger charge is -2.08. The monoisotopic (exact) mass is 260 g/mol. The molecule has 0 aliphatic rings. The summed E-state index contributed by atoms with van der Waals surface area (Å²) in [6.07, 6.45) is 2.06. The number of methoxy groups -OCH3 is 1. The molecule has 2 nitrogen and oxygen atoms in total. The average molecular weight is 260 g/mol. The van der Waals surface area contributed by atoms with E-state index in [1.807, 2.05) is 36.4 Å². The Hall–Kier alpha value is -1.61. The standard InChI is InChI=1S/C15H16O2S/c1-16-14-5-3-4-12(10-14)11-17-13-6-8-15(18-2)9-7-13/h3-10H,11H2,1-2H3. The summed E-state index contributed by atoms with van der Waals surface area (Å²) in [5.74, 6) is 1.74. The Bertz CT molecular complexity index is 494. The third kappa shape index (κ3) is 3.44. The van der Waals surface area contributed by atoms with Gasteiger partial charge in [0.15, 0.2) is 0 Å². The van der Waals surface area contributed by atoms with E-state index in [0.717, 1.165) is 17.1 Å². The fraction of sp³-hybridized carbons (Fsp3) is 0.200. The summed E-state index contributed by atoms with van der Waals surface area (Å²) in [4.78, 5) is 1.24. The maximum absolute atomic E-state index is 5.73. The van der Waals surface area contributed by atoms with Crippen LogP contribution >= 0.6 is 11.8 Å². The zero-order valence-corrected chi connectivity index (χ0v) is 11.4. The van der Waals surface area contributed by atoms with Gasteiger partial charge in [-0.2, -0.15) is 0 Å². The lowest BCUT2D eigenvalue weighted by molar-refractivity contribution is 0.305. The lowest BCUT2D eigenvalue weighted by atomic mass is 10.2. The molecule has 0 aliphatic carbocycles. The summed E-state index contributed by atoms with van der Waals surface area (Å²) in [5, 5.41) is 0. The van der Waals surface area contributed by atoms with Crippen molar-refractivity contribution in [3.05, 3.63) is 54.1 Å². The molecular formula is C15H16O2S. The van der Waals surface area contributed by atoms with E-state index in [9.17, 15) is 0 Å². The van der Waals surface area contributed by atoms with Crippen LogP contribution in [0.2, 0.25) is 0 Å². The fourth-order valence-corrected chi connectivity index (χ4v) is 2.01. The SMILES string of the molecule is COc1cccc(COc2ccc(SC)cc2)c1. The molecule has 2 rings (SSSR count). The second kappa shape index (κ2) is 6.36. The van der Waals surface area contributed by atoms with E-state index in [0.29, 0.717) is 6.61 Å². The van der Waals surface area contributed by atoms with Gasteiger partial charge in [-0.3, -0.25) is 0 Å². The van der Waals surface area contributed by atoms with Gasteiger partial charge in [-0.05, 0) is 48.2 Å². The Kier molecular flexibility index (Phi) is 4.53. The van der Waals surface area contributed by atoms with Crippen molar-refractivity contribution in [1.29, 1.82) is 0 Å². The molecule has 0 aromatic heterocycles. The molecule has 3 heteroatoms. The van der Waals surface area contributed by atoms with Gasteiger partial charge in [-0.25, -0.2) is 0 Å². The van der Waals surface area contributed by atoms with Crippen LogP contribution < -0.4 is 9.47 Å². The second-order valence-corrected chi connectivity index (χ2v) is 4.70. The summed E-state index contributed by atoms with van der Waals surface area (Å²) in [6, 6.07) is 16.0. The predicted octanol–water partition coefficient (Wildman–Crippen LogP) is 4.00. The molecule has 0 aliphatic heterocycles. The summed E-state index contributed by atoms with van der Waals surface area (Å²) < 4.78 is 10.9. The minimum Gasteiger partial charge on any atom is -0.497 e. The van der Waals surface area contributed by atoms with Crippen LogP contribution in [0.3, 0.4) is 0 Å². The van der Waals surface area contributed by atoms with Gasteiger partial charge in [-0.15, -0.1) is 11.8 Å². The maximum atomic E-state index is 5.73. The Morgan fingerprint density at radius 2 is 1.78 bits per heavy atom. The normalized spacial score (nSPS) is 10.1. The number of ether oxygens (including phenoxy) is 2. The number of benzene rings is 2. The van der Waals surface area contributed by atoms with Crippen LogP contribution in [-0.4, -0.2) is 13.4 Å². The fourth-order valence-electron chi connectivity index (χ4n) is 1.60. The minimum absolute atomic E-state index is 0.551. The molecule has 0 amide bonds. The molecule has 0 unspecified atom stereocenters. The molecule has 0 saturated carbocycles. The first-order valence-corrected chi connectivity index (χ1v) is 6.94. The van der Waals surface area contributed by atoms with Crippen molar-refractivity contribution in [2.75, 3.05) is 13.4 Å². The summed E-state index contributed by atoms with van der Waals surface area (Å²) in [6.45, 7) is 0.551. The van der Waals surface area contributed by atoms with Crippen LogP contribution in [-0.2, 0) is 6.61 Å². The second-order valence-electron chi connectivity index (χ2n) is 3.82. The highest BCUT2D eigenvalue weighted by atomic mass is 32.2. The van der Waals surface area contributed by atoms with Gasteiger partial charge < -0.3 is 9.47 Å². The molecule has 94 valence electrons. The van der Waals surface area contributed by atoms with Crippen LogP contribution in [0.15, 0.2) is 53.4 Å². The molecule has 2 aromatic rings. The maximum Gasteiger partial charge on any atom is 0.119 e. The third-order valence-corrected chi connectivity index (χ3v) is 3.34. The Labute approximate surface area is 112 Å². The smallest absolute Gasteiger partial charge is 0.119 e. The van der Waals surface area contributed by atoms with Crippen molar-refractivity contribution in [3.8, 4) is 11.5 Å². The summed E-state index contributed by atoms with van der Waals surface area (Å²) >= 11 is 1.72. The summed E-state index contributed by atoms with van der Waals surface area (Å²) in [5.41, 5.74) is 1.10. The van der Waals surface area contributed by atoms with Crippen molar-refractivity contribution in [1.82, 2.24) is 0 Å². The number of hydrogen-bond donors (Lipinski definition) is 0. The van der Waals surface area contributed by atoms with Crippen LogP contribution in [0, 0.1) is 0 Å². The Morgan fingerprint density at radius 1 is 1.00 bits per heavy atom. The van der Waals surface area contributed by atoms with Crippen molar-refractivity contribution in [2.45, 2.75) is 11.5 Å². The van der Waals surface area contributed by atoms with Crippen LogP contribution in [0.5, 0.6) is 11.5 Å². The topological polar surface area (TPSA) is 18.5 Å². The van der Waals surface area contributed by atoms with E-state index >= 15 is 0 Å². The lowest BCUT2D eigenvalue weighted by Crippen LogP contribution is -1.95. The van der Waals surface area contributed by atoms with Gasteiger partial charge in [0.05, 0.1) is 7.11 Å². The minimum atomic E-state index is 0.551. The van der Waals surface area contributed by atoms with Crippen molar-refractivity contribution in [3.63, 3.8) is 0 Å². The first kappa shape index (κ1) is 12.8. The average Bonchev–Trinajstić information content (AvgIpc) is 2.46. The van der Waals surface area contributed by atoms with E-state index in [2.05, 4.69) is 18.4 Å². The number of hydrogen-bond acceptors (Lipinski definition) is 3. The zero-order valence-electron chi connectivity index (χ0n) is 10.6. The Morgan fingerprint density at radius 3 is 2.44 bits per heavy atom. The van der Waals surface area contributed by atoms with Gasteiger partial charge in [0.25, 0.3) is 0 Å². The first-order valence-electron chi connectivity index (χ1n) is 5.71. The van der Waals surface area contributed by atoms with E-state index in [1.165, 1.54) is 4.90 Å². The molecule has 18 heavy (non-hydrogen) atoms. The molecule has 0 fully saturated rings. The van der Waals surface area contributed by atoms with Gasteiger partial charge in [0.1, 0.15) is 18.1 Å². The number of rotatable bonds is 5. The zero-order chi connectivity index (χ0) is 12.8. The highest BCUT2D eigenvalue weighted by Crippen LogP contribution is 2.20. The van der Waals surface area contributed by atoms with Gasteiger partial charge in [-0.1, -0.05) is 12.1 Å². The van der Waals surface area contributed by atoms with E-state index in [1.54, 1.807) is 18.9 Å². The molecular weight excluding hydrogens is 244 g/mol. The van der Waals surface area contributed by atoms with Crippen LogP contribution in [0.1, 0.15) is 5.56 Å². The molecule has 0 N–H and O–H groups in total. The molecule has 0 spiro atoms. The number of thioether (sulfide) groups is 1. The van der Waals surface area contributed by atoms with E-state index < -0.39 is 0 Å². The highest BCUT2D eigenvalue weighted by molar-refractivity contribution is 7.98. The molecule has 2 aromatic carbocycles. The van der Waals surface area contributed by atoms with Crippen molar-refractivity contribution < 1.29 is 9.47 Å². The van der Waals surface area contributed by atoms with Crippen molar-refractivity contribution in [2.24, 2.45) is 0 Å². The third-order valence-electron chi connectivity index (χ3n) is 2.60. The molecule has 0 radical (unpaired) electrons. The predicted molar refractivity (Wildman–Crippen MR) is 75.5 cm³/mol. The van der Waals surface area contributed by atoms with Crippen LogP contribution in [0.25, 0.3) is 0 Å². The van der Waals surface area contributed by atoms with E-state index in [-0.39, 0.29) is 0 Å². The molecule has 0 atom stereocenters. The van der Waals surface area contributed by atoms with Gasteiger partial charge >= 0.3 is 0 Å². The Balaban J connectivity index is 1.97. The van der Waals surface area contributed by atoms with Crippen LogP contribution in [0.4, 0.5) is 0 Å². The molecule has 0 bridgehead atoms. The van der Waals surface area contributed by atoms with Crippen molar-refractivity contribution >= 4 is 11.8 Å². The first-order chi connectivity index (χ1) is 8.81. The molecule has 0 heterocycles.